The lowest BCUT2D eigenvalue weighted by molar-refractivity contribution is -0.120. The summed E-state index contributed by atoms with van der Waals surface area (Å²) >= 11 is 15.2. The molecule has 0 atom stereocenters. The van der Waals surface area contributed by atoms with Crippen molar-refractivity contribution in [2.45, 2.75) is 0 Å². The van der Waals surface area contributed by atoms with Crippen molar-refractivity contribution in [2.24, 2.45) is 5.10 Å². The Morgan fingerprint density at radius 3 is 2.54 bits per heavy atom. The fraction of sp³-hybridized carbons (Fsp3) is 0.0833. The molecule has 0 aliphatic rings. The van der Waals surface area contributed by atoms with E-state index in [2.05, 4.69) is 31.8 Å². The molecule has 8 nitrogen and oxygen atoms in total. The van der Waals surface area contributed by atoms with Crippen molar-refractivity contribution >= 4 is 63.1 Å². The second-order valence-corrected chi connectivity index (χ2v) is 8.67. The van der Waals surface area contributed by atoms with Crippen molar-refractivity contribution in [1.29, 1.82) is 0 Å². The molecule has 0 aliphatic heterocycles. The molecule has 180 valence electrons. The molecular weight excluding hydrogens is 561 g/mol. The fourth-order valence-electron chi connectivity index (χ4n) is 2.77. The highest BCUT2D eigenvalue weighted by atomic mass is 79.9. The lowest BCUT2D eigenvalue weighted by atomic mass is 10.2. The zero-order valence-corrected chi connectivity index (χ0v) is 21.3. The maximum atomic E-state index is 12.5. The zero-order chi connectivity index (χ0) is 25.4. The Balaban J connectivity index is 1.56. The molecule has 0 saturated carbocycles. The molecule has 3 rings (SSSR count). The van der Waals surface area contributed by atoms with Crippen molar-refractivity contribution in [3.05, 3.63) is 91.9 Å². The number of ether oxygens (including phenoxy) is 2. The molecule has 0 saturated heterocycles. The van der Waals surface area contributed by atoms with Gasteiger partial charge in [-0.15, -0.1) is 0 Å². The maximum absolute atomic E-state index is 12.5. The standard InChI is InChI=1S/C24H18BrCl2N3O5/c1-34-21-9-14(5-8-20(21)35-24(33)18-7-6-17(26)11-19(18)27)12-29-30-22(31)13-28-23(32)15-3-2-4-16(25)10-15/h2-12H,13H2,1H3,(H,28,32)(H,30,31). The number of methoxy groups -OCH3 is 1. The number of hydrazone groups is 1. The first-order valence-electron chi connectivity index (χ1n) is 9.97. The van der Waals surface area contributed by atoms with Crippen LogP contribution in [-0.2, 0) is 4.79 Å². The van der Waals surface area contributed by atoms with Gasteiger partial charge < -0.3 is 14.8 Å². The molecule has 0 aliphatic carbocycles. The molecule has 0 aromatic heterocycles. The Morgan fingerprint density at radius 1 is 1.03 bits per heavy atom. The van der Waals surface area contributed by atoms with Crippen LogP contribution in [0, 0.1) is 0 Å². The minimum atomic E-state index is -0.677. The van der Waals surface area contributed by atoms with Gasteiger partial charge in [-0.2, -0.15) is 5.10 Å². The van der Waals surface area contributed by atoms with Gasteiger partial charge in [0.25, 0.3) is 11.8 Å². The van der Waals surface area contributed by atoms with Crippen LogP contribution in [0.15, 0.2) is 70.2 Å². The molecule has 0 bridgehead atoms. The van der Waals surface area contributed by atoms with Crippen molar-refractivity contribution in [1.82, 2.24) is 10.7 Å². The minimum absolute atomic E-state index is 0.151. The monoisotopic (exact) mass is 577 g/mol. The summed E-state index contributed by atoms with van der Waals surface area (Å²) in [6.45, 7) is -0.256. The zero-order valence-electron chi connectivity index (χ0n) is 18.2. The summed E-state index contributed by atoms with van der Waals surface area (Å²) in [7, 11) is 1.42. The fourth-order valence-corrected chi connectivity index (χ4v) is 3.65. The van der Waals surface area contributed by atoms with Gasteiger partial charge in [0, 0.05) is 15.1 Å². The van der Waals surface area contributed by atoms with E-state index in [1.807, 2.05) is 0 Å². The third-order valence-electron chi connectivity index (χ3n) is 4.44. The molecule has 3 aromatic carbocycles. The maximum Gasteiger partial charge on any atom is 0.345 e. The van der Waals surface area contributed by atoms with E-state index in [0.717, 1.165) is 4.47 Å². The largest absolute Gasteiger partial charge is 0.493 e. The van der Waals surface area contributed by atoms with Crippen LogP contribution in [0.3, 0.4) is 0 Å². The highest BCUT2D eigenvalue weighted by Crippen LogP contribution is 2.30. The van der Waals surface area contributed by atoms with Gasteiger partial charge in [-0.05, 0) is 60.2 Å². The summed E-state index contributed by atoms with van der Waals surface area (Å²) in [5.41, 5.74) is 3.45. The normalized spacial score (nSPS) is 10.6. The predicted molar refractivity (Wildman–Crippen MR) is 137 cm³/mol. The van der Waals surface area contributed by atoms with Crippen molar-refractivity contribution in [2.75, 3.05) is 13.7 Å². The first-order chi connectivity index (χ1) is 16.8. The van der Waals surface area contributed by atoms with Gasteiger partial charge in [-0.1, -0.05) is 45.2 Å². The summed E-state index contributed by atoms with van der Waals surface area (Å²) in [4.78, 5) is 36.5. The number of benzene rings is 3. The van der Waals surface area contributed by atoms with E-state index in [1.54, 1.807) is 36.4 Å². The first-order valence-corrected chi connectivity index (χ1v) is 11.5. The minimum Gasteiger partial charge on any atom is -0.493 e. The van der Waals surface area contributed by atoms with Crippen molar-refractivity contribution in [3.8, 4) is 11.5 Å². The van der Waals surface area contributed by atoms with Crippen LogP contribution in [0.4, 0.5) is 0 Å². The number of amides is 2. The highest BCUT2D eigenvalue weighted by Gasteiger charge is 2.16. The van der Waals surface area contributed by atoms with E-state index in [4.69, 9.17) is 32.7 Å². The van der Waals surface area contributed by atoms with Gasteiger partial charge in [0.2, 0.25) is 0 Å². The van der Waals surface area contributed by atoms with Gasteiger partial charge in [0.15, 0.2) is 11.5 Å². The number of esters is 1. The van der Waals surface area contributed by atoms with E-state index >= 15 is 0 Å². The number of nitrogens with one attached hydrogen (secondary N) is 2. The van der Waals surface area contributed by atoms with Gasteiger partial charge in [0.1, 0.15) is 0 Å². The van der Waals surface area contributed by atoms with E-state index in [9.17, 15) is 14.4 Å². The second-order valence-electron chi connectivity index (χ2n) is 6.91. The summed E-state index contributed by atoms with van der Waals surface area (Å²) in [6, 6.07) is 15.9. The van der Waals surface area contributed by atoms with Gasteiger partial charge in [-0.3, -0.25) is 9.59 Å². The summed E-state index contributed by atoms with van der Waals surface area (Å²) < 4.78 is 11.4. The van der Waals surface area contributed by atoms with Gasteiger partial charge in [0.05, 0.1) is 30.5 Å². The number of hydrogen-bond acceptors (Lipinski definition) is 6. The molecular formula is C24H18BrCl2N3O5. The lowest BCUT2D eigenvalue weighted by Gasteiger charge is -2.10. The van der Waals surface area contributed by atoms with Crippen LogP contribution in [0.1, 0.15) is 26.3 Å². The average Bonchev–Trinajstić information content (AvgIpc) is 2.83. The molecule has 0 unspecified atom stereocenters. The molecule has 35 heavy (non-hydrogen) atoms. The van der Waals surface area contributed by atoms with Crippen molar-refractivity contribution in [3.63, 3.8) is 0 Å². The average molecular weight is 579 g/mol. The molecule has 11 heteroatoms. The predicted octanol–water partition coefficient (Wildman–Crippen LogP) is 4.86. The summed E-state index contributed by atoms with van der Waals surface area (Å²) in [6.07, 6.45) is 1.37. The van der Waals surface area contributed by atoms with Crippen LogP contribution in [0.2, 0.25) is 10.0 Å². The Kier molecular flexibility index (Phi) is 9.25. The Bertz CT molecular complexity index is 1300. The van der Waals surface area contributed by atoms with Crippen LogP contribution in [0.5, 0.6) is 11.5 Å². The Morgan fingerprint density at radius 2 is 1.83 bits per heavy atom. The molecule has 2 amide bonds. The first kappa shape index (κ1) is 26.2. The highest BCUT2D eigenvalue weighted by molar-refractivity contribution is 9.10. The number of rotatable bonds is 8. The number of hydrogen-bond donors (Lipinski definition) is 2. The van der Waals surface area contributed by atoms with E-state index < -0.39 is 11.9 Å². The van der Waals surface area contributed by atoms with E-state index in [1.165, 1.54) is 37.6 Å². The van der Waals surface area contributed by atoms with Gasteiger partial charge >= 0.3 is 5.97 Å². The quantitative estimate of drug-likeness (QED) is 0.172. The van der Waals surface area contributed by atoms with Crippen LogP contribution >= 0.6 is 39.1 Å². The molecule has 0 radical (unpaired) electrons. The lowest BCUT2D eigenvalue weighted by Crippen LogP contribution is -2.34. The number of halogens is 3. The number of carbonyl (C=O) groups is 3. The SMILES string of the molecule is COc1cc(C=NNC(=O)CNC(=O)c2cccc(Br)c2)ccc1OC(=O)c1ccc(Cl)cc1Cl. The van der Waals surface area contributed by atoms with Gasteiger partial charge in [-0.25, -0.2) is 10.2 Å². The number of nitrogens with zero attached hydrogens (tertiary/aromatic N) is 1. The molecule has 0 fully saturated rings. The number of carbonyl (C=O) groups excluding carboxylic acids is 3. The van der Waals surface area contributed by atoms with Crippen LogP contribution in [0.25, 0.3) is 0 Å². The summed E-state index contributed by atoms with van der Waals surface area (Å²) in [5.74, 6) is -1.15. The second kappa shape index (κ2) is 12.3. The summed E-state index contributed by atoms with van der Waals surface area (Å²) in [5, 5.41) is 6.93. The topological polar surface area (TPSA) is 106 Å². The van der Waals surface area contributed by atoms with E-state index in [0.29, 0.717) is 16.1 Å². The smallest absolute Gasteiger partial charge is 0.345 e. The van der Waals surface area contributed by atoms with Crippen LogP contribution in [-0.4, -0.2) is 37.7 Å². The molecule has 2 N–H and O–H groups in total. The molecule has 3 aromatic rings. The van der Waals surface area contributed by atoms with Crippen LogP contribution < -0.4 is 20.2 Å². The Hall–Kier alpha value is -3.40. The third kappa shape index (κ3) is 7.54. The molecule has 0 heterocycles. The third-order valence-corrected chi connectivity index (χ3v) is 5.48. The van der Waals surface area contributed by atoms with Crippen molar-refractivity contribution < 1.29 is 23.9 Å². The Labute approximate surface area is 219 Å². The molecule has 0 spiro atoms. The van der Waals surface area contributed by atoms with E-state index in [-0.39, 0.29) is 34.5 Å².